The normalized spacial score (nSPS) is 35.4. The molecular weight excluding hydrogens is 601 g/mol. The van der Waals surface area contributed by atoms with E-state index < -0.39 is 0 Å². The molecule has 272 valence electrons. The Morgan fingerprint density at radius 3 is 1.18 bits per heavy atom. The van der Waals surface area contributed by atoms with Gasteiger partial charge in [-0.1, -0.05) is 175 Å². The quantitative estimate of drug-likeness (QED) is 0.178. The highest BCUT2D eigenvalue weighted by molar-refractivity contribution is 5.41. The molecule has 2 saturated carbocycles. The van der Waals surface area contributed by atoms with E-state index in [-0.39, 0.29) is 21.7 Å². The van der Waals surface area contributed by atoms with Gasteiger partial charge in [0.05, 0.1) is 0 Å². The van der Waals surface area contributed by atoms with Crippen LogP contribution >= 0.6 is 0 Å². The number of fused-ring (bicyclic) bond motifs is 6. The lowest BCUT2D eigenvalue weighted by Gasteiger charge is -2.39. The number of unbranched alkanes of at least 4 members (excludes halogenated alkanes) is 2. The zero-order valence-electron chi connectivity index (χ0n) is 34.1. The van der Waals surface area contributed by atoms with Gasteiger partial charge in [0.2, 0.25) is 0 Å². The van der Waals surface area contributed by atoms with Crippen LogP contribution in [0.4, 0.5) is 0 Å². The predicted molar refractivity (Wildman–Crippen MR) is 218 cm³/mol. The maximum absolute atomic E-state index is 4.10. The summed E-state index contributed by atoms with van der Waals surface area (Å²) in [6.45, 7) is 33.0. The molecule has 50 heavy (non-hydrogen) atoms. The van der Waals surface area contributed by atoms with Gasteiger partial charge in [-0.25, -0.2) is 0 Å². The zero-order chi connectivity index (χ0) is 36.4. The average Bonchev–Trinajstić information content (AvgIpc) is 3.51. The second-order valence-corrected chi connectivity index (χ2v) is 21.4. The first-order chi connectivity index (χ1) is 23.3. The van der Waals surface area contributed by atoms with Crippen LogP contribution in [0.15, 0.2) is 108 Å². The SMILES string of the molecule is C=CCCCCC(CC1C2C=C(C(C)(C)C)C=CC2C2C=CC(C(C)(C)C)=CC21)C1C2C=C(C(C)(C)C)C=CC2C2C=CC(C(C)(C)C)=CC21. The van der Waals surface area contributed by atoms with E-state index in [1.165, 1.54) is 25.7 Å². The van der Waals surface area contributed by atoms with Gasteiger partial charge in [0.15, 0.2) is 0 Å². The third kappa shape index (κ3) is 7.30. The molecule has 2 fully saturated rings. The minimum atomic E-state index is 0.165. The predicted octanol–water partition coefficient (Wildman–Crippen LogP) is 14.1. The van der Waals surface area contributed by atoms with Crippen molar-refractivity contribution in [1.29, 1.82) is 0 Å². The van der Waals surface area contributed by atoms with E-state index in [1.54, 1.807) is 22.3 Å². The number of rotatable bonds is 8. The van der Waals surface area contributed by atoms with Gasteiger partial charge >= 0.3 is 0 Å². The molecule has 0 heteroatoms. The molecule has 0 spiro atoms. The molecule has 0 amide bonds. The molecule has 6 aliphatic rings. The molecule has 0 aromatic rings. The van der Waals surface area contributed by atoms with Crippen molar-refractivity contribution in [3.63, 3.8) is 0 Å². The lowest BCUT2D eigenvalue weighted by atomic mass is 9.65. The minimum Gasteiger partial charge on any atom is -0.103 e. The van der Waals surface area contributed by atoms with E-state index in [1.807, 2.05) is 0 Å². The van der Waals surface area contributed by atoms with Gasteiger partial charge in [0, 0.05) is 0 Å². The molecule has 9 unspecified atom stereocenters. The summed E-state index contributed by atoms with van der Waals surface area (Å²) < 4.78 is 0. The average molecular weight is 673 g/mol. The molecular formula is C50H72. The maximum Gasteiger partial charge on any atom is -0.00953 e. The highest BCUT2D eigenvalue weighted by Crippen LogP contribution is 2.61. The van der Waals surface area contributed by atoms with Crippen molar-refractivity contribution in [2.24, 2.45) is 86.8 Å². The third-order valence-corrected chi connectivity index (χ3v) is 13.8. The van der Waals surface area contributed by atoms with Crippen molar-refractivity contribution >= 4 is 0 Å². The Labute approximate surface area is 308 Å². The molecule has 9 atom stereocenters. The van der Waals surface area contributed by atoms with Gasteiger partial charge in [0.1, 0.15) is 0 Å². The van der Waals surface area contributed by atoms with Crippen LogP contribution in [0.1, 0.15) is 115 Å². The smallest absolute Gasteiger partial charge is 0.00953 e. The van der Waals surface area contributed by atoms with Crippen LogP contribution in [0.25, 0.3) is 0 Å². The lowest BCUT2D eigenvalue weighted by Crippen LogP contribution is -2.31. The second-order valence-electron chi connectivity index (χ2n) is 21.4. The Bertz CT molecular complexity index is 1420. The van der Waals surface area contributed by atoms with Crippen molar-refractivity contribution in [2.45, 2.75) is 115 Å². The van der Waals surface area contributed by atoms with Crippen LogP contribution in [0.3, 0.4) is 0 Å². The first-order valence-corrected chi connectivity index (χ1v) is 20.5. The Morgan fingerprint density at radius 1 is 0.500 bits per heavy atom. The highest BCUT2D eigenvalue weighted by atomic mass is 14.6. The van der Waals surface area contributed by atoms with E-state index >= 15 is 0 Å². The number of hydrogen-bond donors (Lipinski definition) is 0. The molecule has 0 radical (unpaired) electrons. The summed E-state index contributed by atoms with van der Waals surface area (Å²) in [6.07, 6.45) is 40.2. The van der Waals surface area contributed by atoms with Crippen molar-refractivity contribution in [1.82, 2.24) is 0 Å². The molecule has 0 aliphatic heterocycles. The second kappa shape index (κ2) is 13.6. The van der Waals surface area contributed by atoms with Crippen LogP contribution in [0.2, 0.25) is 0 Å². The Kier molecular flexibility index (Phi) is 10.2. The first-order valence-electron chi connectivity index (χ1n) is 20.5. The molecule has 0 nitrogen and oxygen atoms in total. The summed E-state index contributed by atoms with van der Waals surface area (Å²) in [5.74, 6) is 6.81. The van der Waals surface area contributed by atoms with Gasteiger partial charge in [-0.3, -0.25) is 0 Å². The minimum absolute atomic E-state index is 0.165. The summed E-state index contributed by atoms with van der Waals surface area (Å²) in [7, 11) is 0. The molecule has 0 N–H and O–H groups in total. The Balaban J connectivity index is 1.46. The molecule has 6 rings (SSSR count). The highest BCUT2D eigenvalue weighted by Gasteiger charge is 2.54. The van der Waals surface area contributed by atoms with Gasteiger partial charge in [-0.2, -0.15) is 0 Å². The summed E-state index contributed by atoms with van der Waals surface area (Å²) in [5.41, 5.74) is 6.84. The molecule has 0 aromatic carbocycles. The molecule has 6 aliphatic carbocycles. The van der Waals surface area contributed by atoms with Crippen LogP contribution in [0, 0.1) is 86.8 Å². The number of hydrogen-bond acceptors (Lipinski definition) is 0. The Hall–Kier alpha value is -2.34. The molecule has 0 saturated heterocycles. The first kappa shape index (κ1) is 37.4. The zero-order valence-corrected chi connectivity index (χ0v) is 34.1. The fourth-order valence-electron chi connectivity index (χ4n) is 10.9. The van der Waals surface area contributed by atoms with Crippen molar-refractivity contribution in [2.75, 3.05) is 0 Å². The van der Waals surface area contributed by atoms with Crippen LogP contribution in [-0.2, 0) is 0 Å². The van der Waals surface area contributed by atoms with Crippen LogP contribution in [0.5, 0.6) is 0 Å². The van der Waals surface area contributed by atoms with Crippen molar-refractivity contribution in [3.05, 3.63) is 108 Å². The van der Waals surface area contributed by atoms with Gasteiger partial charge in [-0.15, -0.1) is 6.58 Å². The largest absolute Gasteiger partial charge is 0.103 e. The fourth-order valence-corrected chi connectivity index (χ4v) is 10.9. The van der Waals surface area contributed by atoms with E-state index in [9.17, 15) is 0 Å². The van der Waals surface area contributed by atoms with E-state index in [2.05, 4.69) is 169 Å². The molecule has 0 aromatic heterocycles. The summed E-state index contributed by atoms with van der Waals surface area (Å²) in [6, 6.07) is 0. The summed E-state index contributed by atoms with van der Waals surface area (Å²) in [5, 5.41) is 0. The van der Waals surface area contributed by atoms with Crippen LogP contribution in [-0.4, -0.2) is 0 Å². The fraction of sp³-hybridized carbons (Fsp3) is 0.640. The molecule has 0 heterocycles. The Morgan fingerprint density at radius 2 is 0.840 bits per heavy atom. The third-order valence-electron chi connectivity index (χ3n) is 13.8. The van der Waals surface area contributed by atoms with Crippen LogP contribution < -0.4 is 0 Å². The number of allylic oxidation sites excluding steroid dienone is 17. The summed E-state index contributed by atoms with van der Waals surface area (Å²) >= 11 is 0. The lowest BCUT2D eigenvalue weighted by molar-refractivity contribution is 0.164. The standard InChI is InChI=1S/C50H72/c1-14-15-16-17-18-32(46-44-30-35(49(8,9)10)21-25-39(44)40-26-22-36(31-45(40)46)50(11,12)13)27-41-42-28-33(47(2,3)4)19-23-37(42)38-24-20-34(29-43(38)41)48(5,6)7/h14,19-26,28-32,37-46H,1,15-18,27H2,2-13H3. The van der Waals surface area contributed by atoms with Gasteiger partial charge < -0.3 is 0 Å². The van der Waals surface area contributed by atoms with Crippen molar-refractivity contribution < 1.29 is 0 Å². The van der Waals surface area contributed by atoms with E-state index in [0.29, 0.717) is 65.1 Å². The van der Waals surface area contributed by atoms with Gasteiger partial charge in [-0.05, 0) is 128 Å². The summed E-state index contributed by atoms with van der Waals surface area (Å²) in [4.78, 5) is 0. The maximum atomic E-state index is 4.10. The molecule has 0 bridgehead atoms. The van der Waals surface area contributed by atoms with E-state index in [0.717, 1.165) is 6.42 Å². The van der Waals surface area contributed by atoms with E-state index in [4.69, 9.17) is 0 Å². The van der Waals surface area contributed by atoms with Gasteiger partial charge in [0.25, 0.3) is 0 Å². The van der Waals surface area contributed by atoms with Crippen molar-refractivity contribution in [3.8, 4) is 0 Å². The topological polar surface area (TPSA) is 0 Å². The monoisotopic (exact) mass is 673 g/mol.